The molecule has 1 N–H and O–H groups in total. The third-order valence-corrected chi connectivity index (χ3v) is 4.87. The van der Waals surface area contributed by atoms with Crippen molar-refractivity contribution in [2.45, 2.75) is 83.8 Å². The molecule has 19 heavy (non-hydrogen) atoms. The Morgan fingerprint density at radius 2 is 1.95 bits per heavy atom. The van der Waals surface area contributed by atoms with Crippen molar-refractivity contribution < 1.29 is 0 Å². The smallest absolute Gasteiger partial charge is 0.0762 e. The van der Waals surface area contributed by atoms with E-state index in [0.29, 0.717) is 6.04 Å². The van der Waals surface area contributed by atoms with Crippen LogP contribution in [0.4, 0.5) is 0 Å². The van der Waals surface area contributed by atoms with Crippen LogP contribution in [0.5, 0.6) is 0 Å². The van der Waals surface area contributed by atoms with E-state index in [0.717, 1.165) is 19.4 Å². The summed E-state index contributed by atoms with van der Waals surface area (Å²) in [6.45, 7) is 7.68. The van der Waals surface area contributed by atoms with E-state index in [1.807, 2.05) is 0 Å². The minimum atomic E-state index is 0.245. The lowest BCUT2D eigenvalue weighted by molar-refractivity contribution is 0.316. The van der Waals surface area contributed by atoms with Gasteiger partial charge in [0.05, 0.1) is 11.7 Å². The zero-order valence-corrected chi connectivity index (χ0v) is 12.8. The predicted octanol–water partition coefficient (Wildman–Crippen LogP) is 4.06. The first kappa shape index (κ1) is 14.6. The highest BCUT2D eigenvalue weighted by atomic mass is 15.3. The monoisotopic (exact) mass is 263 g/mol. The van der Waals surface area contributed by atoms with Crippen molar-refractivity contribution in [2.75, 3.05) is 0 Å². The molecule has 0 aliphatic heterocycles. The zero-order chi connectivity index (χ0) is 13.7. The van der Waals surface area contributed by atoms with Crippen molar-refractivity contribution in [3.05, 3.63) is 18.0 Å². The van der Waals surface area contributed by atoms with Gasteiger partial charge in [-0.15, -0.1) is 0 Å². The Kier molecular flexibility index (Phi) is 5.03. The Balaban J connectivity index is 1.90. The lowest BCUT2D eigenvalue weighted by Crippen LogP contribution is -2.40. The highest BCUT2D eigenvalue weighted by molar-refractivity contribution is 5.01. The van der Waals surface area contributed by atoms with Crippen LogP contribution in [0.15, 0.2) is 12.3 Å². The van der Waals surface area contributed by atoms with Gasteiger partial charge in [-0.1, -0.05) is 33.1 Å². The molecular formula is C16H29N3. The van der Waals surface area contributed by atoms with Gasteiger partial charge in [0.1, 0.15) is 0 Å². The maximum absolute atomic E-state index is 4.76. The Labute approximate surface area is 117 Å². The molecule has 0 amide bonds. The maximum Gasteiger partial charge on any atom is 0.0762 e. The number of nitrogens with one attached hydrogen (secondary N) is 1. The average molecular weight is 263 g/mol. The van der Waals surface area contributed by atoms with Crippen LogP contribution in [0.2, 0.25) is 0 Å². The van der Waals surface area contributed by atoms with Gasteiger partial charge in [0, 0.05) is 18.3 Å². The van der Waals surface area contributed by atoms with Gasteiger partial charge < -0.3 is 5.32 Å². The van der Waals surface area contributed by atoms with E-state index in [1.54, 1.807) is 0 Å². The number of aromatic nitrogens is 2. The number of nitrogens with zero attached hydrogens (tertiary/aromatic N) is 2. The molecule has 1 aliphatic rings. The molecule has 3 nitrogen and oxygen atoms in total. The molecule has 1 aromatic heterocycles. The molecule has 0 spiro atoms. The van der Waals surface area contributed by atoms with Crippen molar-refractivity contribution >= 4 is 0 Å². The van der Waals surface area contributed by atoms with E-state index < -0.39 is 0 Å². The van der Waals surface area contributed by atoms with Crippen LogP contribution >= 0.6 is 0 Å². The van der Waals surface area contributed by atoms with Crippen LogP contribution in [0.1, 0.15) is 77.5 Å². The van der Waals surface area contributed by atoms with Crippen LogP contribution in [0, 0.1) is 0 Å². The molecule has 1 fully saturated rings. The van der Waals surface area contributed by atoms with Crippen molar-refractivity contribution in [3.8, 4) is 0 Å². The molecular weight excluding hydrogens is 234 g/mol. The summed E-state index contributed by atoms with van der Waals surface area (Å²) in [6, 6.07) is 2.82. The summed E-state index contributed by atoms with van der Waals surface area (Å²) >= 11 is 0. The summed E-state index contributed by atoms with van der Waals surface area (Å²) in [5, 5.41) is 8.41. The largest absolute Gasteiger partial charge is 0.306 e. The molecule has 1 aromatic rings. The molecule has 1 heterocycles. The van der Waals surface area contributed by atoms with Crippen LogP contribution in [-0.4, -0.2) is 15.3 Å². The Hall–Kier alpha value is -0.830. The summed E-state index contributed by atoms with van der Waals surface area (Å²) in [5.41, 5.74) is 1.42. The van der Waals surface area contributed by atoms with Gasteiger partial charge >= 0.3 is 0 Å². The van der Waals surface area contributed by atoms with Gasteiger partial charge in [0.2, 0.25) is 0 Å². The molecule has 0 radical (unpaired) electrons. The number of rotatable bonds is 6. The van der Waals surface area contributed by atoms with Gasteiger partial charge in [-0.3, -0.25) is 4.68 Å². The standard InChI is InChI=1S/C16H29N3/c1-4-16(3,5-2)17-13-14-11-12-19(18-14)15-9-7-6-8-10-15/h11-12,15,17H,4-10,13H2,1-3H3. The molecule has 0 unspecified atom stereocenters. The van der Waals surface area contributed by atoms with E-state index >= 15 is 0 Å². The molecule has 0 bridgehead atoms. The third kappa shape index (κ3) is 3.82. The third-order valence-electron chi connectivity index (χ3n) is 4.87. The quantitative estimate of drug-likeness (QED) is 0.839. The molecule has 1 aliphatic carbocycles. The van der Waals surface area contributed by atoms with Crippen molar-refractivity contribution in [3.63, 3.8) is 0 Å². The molecule has 1 saturated carbocycles. The van der Waals surface area contributed by atoms with Crippen molar-refractivity contribution in [2.24, 2.45) is 0 Å². The van der Waals surface area contributed by atoms with Gasteiger partial charge in [-0.25, -0.2) is 0 Å². The fraction of sp³-hybridized carbons (Fsp3) is 0.812. The van der Waals surface area contributed by atoms with E-state index in [9.17, 15) is 0 Å². The molecule has 3 heteroatoms. The highest BCUT2D eigenvalue weighted by Crippen LogP contribution is 2.27. The summed E-state index contributed by atoms with van der Waals surface area (Å²) in [5.74, 6) is 0. The SMILES string of the molecule is CCC(C)(CC)NCc1ccn(C2CCCCC2)n1. The molecule has 0 atom stereocenters. The van der Waals surface area contributed by atoms with Gasteiger partial charge in [0.15, 0.2) is 0 Å². The summed E-state index contributed by atoms with van der Waals surface area (Å²) < 4.78 is 2.20. The minimum absolute atomic E-state index is 0.245. The number of hydrogen-bond donors (Lipinski definition) is 1. The summed E-state index contributed by atoms with van der Waals surface area (Å²) in [7, 11) is 0. The van der Waals surface area contributed by atoms with Gasteiger partial charge in [-0.05, 0) is 38.7 Å². The summed E-state index contributed by atoms with van der Waals surface area (Å²) in [4.78, 5) is 0. The first-order valence-electron chi connectivity index (χ1n) is 7.96. The Morgan fingerprint density at radius 3 is 2.58 bits per heavy atom. The van der Waals surface area contributed by atoms with Crippen LogP contribution in [0.25, 0.3) is 0 Å². The van der Waals surface area contributed by atoms with Gasteiger partial charge in [0.25, 0.3) is 0 Å². The van der Waals surface area contributed by atoms with Crippen LogP contribution < -0.4 is 5.32 Å². The maximum atomic E-state index is 4.76. The van der Waals surface area contributed by atoms with Crippen molar-refractivity contribution in [1.29, 1.82) is 0 Å². The van der Waals surface area contributed by atoms with E-state index in [4.69, 9.17) is 5.10 Å². The minimum Gasteiger partial charge on any atom is -0.306 e. The van der Waals surface area contributed by atoms with Gasteiger partial charge in [-0.2, -0.15) is 5.10 Å². The first-order valence-corrected chi connectivity index (χ1v) is 7.96. The van der Waals surface area contributed by atoms with Crippen LogP contribution in [-0.2, 0) is 6.54 Å². The second-order valence-electron chi connectivity index (χ2n) is 6.20. The molecule has 0 aromatic carbocycles. The lowest BCUT2D eigenvalue weighted by Gasteiger charge is -2.28. The Morgan fingerprint density at radius 1 is 1.26 bits per heavy atom. The van der Waals surface area contributed by atoms with Crippen LogP contribution in [0.3, 0.4) is 0 Å². The highest BCUT2D eigenvalue weighted by Gasteiger charge is 2.19. The molecule has 108 valence electrons. The van der Waals surface area contributed by atoms with E-state index in [-0.39, 0.29) is 5.54 Å². The van der Waals surface area contributed by atoms with E-state index in [1.165, 1.54) is 37.8 Å². The lowest BCUT2D eigenvalue weighted by atomic mass is 9.95. The van der Waals surface area contributed by atoms with Crippen molar-refractivity contribution in [1.82, 2.24) is 15.1 Å². The second-order valence-corrected chi connectivity index (χ2v) is 6.20. The second kappa shape index (κ2) is 6.56. The fourth-order valence-electron chi connectivity index (χ4n) is 2.82. The molecule has 2 rings (SSSR count). The average Bonchev–Trinajstić information content (AvgIpc) is 2.95. The first-order chi connectivity index (χ1) is 9.17. The predicted molar refractivity (Wildman–Crippen MR) is 80.2 cm³/mol. The fourth-order valence-corrected chi connectivity index (χ4v) is 2.82. The van der Waals surface area contributed by atoms with E-state index in [2.05, 4.69) is 43.0 Å². The summed E-state index contributed by atoms with van der Waals surface area (Å²) in [6.07, 6.45) is 11.2. The number of hydrogen-bond acceptors (Lipinski definition) is 2. The molecule has 0 saturated heterocycles. The zero-order valence-electron chi connectivity index (χ0n) is 12.8. The normalized spacial score (nSPS) is 17.8. The topological polar surface area (TPSA) is 29.9 Å². The Bertz CT molecular complexity index is 373.